The summed E-state index contributed by atoms with van der Waals surface area (Å²) in [5, 5.41) is 25.4. The van der Waals surface area contributed by atoms with Crippen LogP contribution in [-0.2, 0) is 17.3 Å². The lowest BCUT2D eigenvalue weighted by Gasteiger charge is -2.41. The second-order valence-corrected chi connectivity index (χ2v) is 24.4. The zero-order valence-electron chi connectivity index (χ0n) is 35.0. The Kier molecular flexibility index (Phi) is 18.0. The Morgan fingerprint density at radius 1 is 0.600 bits per heavy atom. The molecule has 0 saturated heterocycles. The van der Waals surface area contributed by atoms with Crippen molar-refractivity contribution in [3.05, 3.63) is 97.5 Å². The van der Waals surface area contributed by atoms with Crippen molar-refractivity contribution in [3.8, 4) is 0 Å². The van der Waals surface area contributed by atoms with Crippen molar-refractivity contribution < 1.29 is 14.6 Å². The number of nitrogens with one attached hydrogen (secondary N) is 1. The molecule has 3 fully saturated rings. The van der Waals surface area contributed by atoms with Crippen LogP contribution < -0.4 is 5.32 Å². The highest BCUT2D eigenvalue weighted by Crippen LogP contribution is 2.39. The van der Waals surface area contributed by atoms with Crippen LogP contribution >= 0.6 is 34.8 Å². The first-order chi connectivity index (χ1) is 25.9. The maximum atomic E-state index is 9.46. The molecule has 0 unspecified atom stereocenters. The highest BCUT2D eigenvalue weighted by Gasteiger charge is 2.39. The lowest BCUT2D eigenvalue weighted by molar-refractivity contribution is 0.108. The summed E-state index contributed by atoms with van der Waals surface area (Å²) in [7, 11) is -1.64. The van der Waals surface area contributed by atoms with E-state index in [-0.39, 0.29) is 12.2 Å². The van der Waals surface area contributed by atoms with Gasteiger partial charge in [0.05, 0.1) is 12.2 Å². The molecule has 55 heavy (non-hydrogen) atoms. The molecule has 8 heteroatoms. The molecule has 0 bridgehead atoms. The van der Waals surface area contributed by atoms with Gasteiger partial charge in [-0.25, -0.2) is 0 Å². The number of hydrogen-bond acceptors (Lipinski definition) is 4. The van der Waals surface area contributed by atoms with Crippen molar-refractivity contribution in [1.82, 2.24) is 0 Å². The van der Waals surface area contributed by atoms with E-state index in [0.29, 0.717) is 17.2 Å². The third-order valence-corrected chi connectivity index (χ3v) is 18.4. The first kappa shape index (κ1) is 46.1. The topological polar surface area (TPSA) is 61.7 Å². The van der Waals surface area contributed by atoms with Crippen LogP contribution in [0.15, 0.2) is 54.6 Å². The van der Waals surface area contributed by atoms with Crippen LogP contribution in [0.2, 0.25) is 33.2 Å². The van der Waals surface area contributed by atoms with E-state index in [4.69, 9.17) is 39.2 Å². The van der Waals surface area contributed by atoms with Gasteiger partial charge in [0.2, 0.25) is 0 Å². The number of aliphatic hydroxyl groups excluding tert-OH is 2. The van der Waals surface area contributed by atoms with Crippen LogP contribution in [0.25, 0.3) is 0 Å². The van der Waals surface area contributed by atoms with E-state index in [1.807, 2.05) is 18.2 Å². The van der Waals surface area contributed by atoms with Crippen molar-refractivity contribution in [1.29, 1.82) is 0 Å². The van der Waals surface area contributed by atoms with Gasteiger partial charge in [-0.3, -0.25) is 0 Å². The molecule has 3 aromatic carbocycles. The molecule has 0 spiro atoms. The summed E-state index contributed by atoms with van der Waals surface area (Å²) in [6.07, 6.45) is 15.8. The molecule has 3 N–H and O–H groups in total. The number of rotatable bonds is 8. The van der Waals surface area contributed by atoms with E-state index >= 15 is 0 Å². The van der Waals surface area contributed by atoms with Crippen LogP contribution in [0.1, 0.15) is 126 Å². The summed E-state index contributed by atoms with van der Waals surface area (Å²) >= 11 is 18.1. The van der Waals surface area contributed by atoms with Crippen LogP contribution in [0.5, 0.6) is 0 Å². The highest BCUT2D eigenvalue weighted by atomic mass is 35.5. The monoisotopic (exact) mass is 829 g/mol. The van der Waals surface area contributed by atoms with E-state index < -0.39 is 8.32 Å². The minimum absolute atomic E-state index is 0.0526. The molecular formula is C47H70Cl3NO3Si. The fourth-order valence-electron chi connectivity index (χ4n) is 7.92. The molecule has 6 rings (SSSR count). The number of aliphatic hydroxyl groups is 2. The summed E-state index contributed by atoms with van der Waals surface area (Å²) in [6, 6.07) is 19.4. The van der Waals surface area contributed by atoms with Gasteiger partial charge in [-0.2, -0.15) is 0 Å². The Labute approximate surface area is 350 Å². The Morgan fingerprint density at radius 3 is 1.38 bits per heavy atom. The predicted octanol–water partition coefficient (Wildman–Crippen LogP) is 13.9. The SMILES string of the molecule is Cc1cc(CC2CCC(O)CC2)ccc1Cl.Cc1cc(CC2CCC(O)CC2)ccc1Cl.Cc1cc(NC2CCC(O[Si](C)(C)C(C)(C)C)CC2)ccc1Cl. The Hall–Kier alpha value is -1.57. The van der Waals surface area contributed by atoms with Gasteiger partial charge >= 0.3 is 0 Å². The molecule has 0 heterocycles. The lowest BCUT2D eigenvalue weighted by atomic mass is 9.83. The molecule has 0 radical (unpaired) electrons. The van der Waals surface area contributed by atoms with Gasteiger partial charge < -0.3 is 20.0 Å². The zero-order valence-corrected chi connectivity index (χ0v) is 38.3. The van der Waals surface area contributed by atoms with Crippen LogP contribution in [0, 0.1) is 32.6 Å². The molecule has 0 atom stereocenters. The first-order valence-corrected chi connectivity index (χ1v) is 25.0. The quantitative estimate of drug-likeness (QED) is 0.198. The van der Waals surface area contributed by atoms with E-state index in [2.05, 4.69) is 96.4 Å². The number of anilines is 1. The highest BCUT2D eigenvalue weighted by molar-refractivity contribution is 6.74. The summed E-state index contributed by atoms with van der Waals surface area (Å²) in [4.78, 5) is 0. The summed E-state index contributed by atoms with van der Waals surface area (Å²) in [5.41, 5.74) is 7.39. The van der Waals surface area contributed by atoms with Crippen LogP contribution in [0.3, 0.4) is 0 Å². The smallest absolute Gasteiger partial charge is 0.192 e. The van der Waals surface area contributed by atoms with Gasteiger partial charge in [-0.15, -0.1) is 0 Å². The van der Waals surface area contributed by atoms with E-state index in [1.165, 1.54) is 29.7 Å². The minimum atomic E-state index is -1.64. The van der Waals surface area contributed by atoms with Gasteiger partial charge in [-0.1, -0.05) is 79.8 Å². The van der Waals surface area contributed by atoms with Crippen molar-refractivity contribution in [2.24, 2.45) is 11.8 Å². The predicted molar refractivity (Wildman–Crippen MR) is 240 cm³/mol. The summed E-state index contributed by atoms with van der Waals surface area (Å²) in [6.45, 7) is 17.8. The molecule has 0 aromatic heterocycles. The maximum absolute atomic E-state index is 9.46. The second-order valence-electron chi connectivity index (χ2n) is 18.4. The van der Waals surface area contributed by atoms with Gasteiger partial charge in [0.25, 0.3) is 0 Å². The van der Waals surface area contributed by atoms with Gasteiger partial charge in [0, 0.05) is 32.9 Å². The summed E-state index contributed by atoms with van der Waals surface area (Å²) < 4.78 is 6.57. The third kappa shape index (κ3) is 15.3. The van der Waals surface area contributed by atoms with Gasteiger partial charge in [-0.05, 0) is 199 Å². The van der Waals surface area contributed by atoms with E-state index in [1.54, 1.807) is 0 Å². The third-order valence-electron chi connectivity index (χ3n) is 12.6. The Balaban J connectivity index is 0.000000188. The number of hydrogen-bond donors (Lipinski definition) is 3. The molecule has 0 amide bonds. The molecule has 3 aliphatic carbocycles. The van der Waals surface area contributed by atoms with Crippen LogP contribution in [0.4, 0.5) is 5.69 Å². The van der Waals surface area contributed by atoms with Crippen molar-refractivity contribution in [3.63, 3.8) is 0 Å². The van der Waals surface area contributed by atoms with Crippen LogP contribution in [-0.4, -0.2) is 42.9 Å². The maximum Gasteiger partial charge on any atom is 0.192 e. The zero-order chi connectivity index (χ0) is 40.3. The molecular weight excluding hydrogens is 761 g/mol. The van der Waals surface area contributed by atoms with Gasteiger partial charge in [0.1, 0.15) is 0 Å². The second kappa shape index (κ2) is 21.4. The molecule has 0 aliphatic heterocycles. The molecule has 3 aromatic rings. The fourth-order valence-corrected chi connectivity index (χ4v) is 9.70. The molecule has 3 saturated carbocycles. The fraction of sp³-hybridized carbons (Fsp3) is 0.617. The number of aryl methyl sites for hydroxylation is 3. The average Bonchev–Trinajstić information content (AvgIpc) is 3.12. The number of benzene rings is 3. The molecule has 3 aliphatic rings. The van der Waals surface area contributed by atoms with Crippen molar-refractivity contribution in [2.75, 3.05) is 5.32 Å². The van der Waals surface area contributed by atoms with Crippen molar-refractivity contribution >= 4 is 48.8 Å². The van der Waals surface area contributed by atoms with Crippen molar-refractivity contribution in [2.45, 2.75) is 174 Å². The normalized spacial score (nSPS) is 24.5. The standard InChI is InChI=1S/C19H32ClNOSi.2C14H19ClO/c1-14-13-16(9-12-18(14)20)21-15-7-10-17(11-8-15)22-23(5,6)19(2,3)4;2*1-10-8-12(4-7-14(10)15)9-11-2-5-13(16)6-3-11/h9,12-13,15,17,21H,7-8,10-11H2,1-6H3;2*4,7-8,11,13,16H,2-3,5-6,9H2,1H3. The largest absolute Gasteiger partial charge is 0.414 e. The van der Waals surface area contributed by atoms with E-state index in [0.717, 1.165) is 121 Å². The van der Waals surface area contributed by atoms with E-state index in [9.17, 15) is 10.2 Å². The number of halogens is 3. The minimum Gasteiger partial charge on any atom is -0.414 e. The Bertz CT molecular complexity index is 1550. The Morgan fingerprint density at radius 2 is 1.00 bits per heavy atom. The summed E-state index contributed by atoms with van der Waals surface area (Å²) in [5.74, 6) is 1.48. The first-order valence-electron chi connectivity index (χ1n) is 20.9. The van der Waals surface area contributed by atoms with Gasteiger partial charge in [0.15, 0.2) is 8.32 Å². The lowest BCUT2D eigenvalue weighted by Crippen LogP contribution is -2.45. The molecule has 306 valence electrons. The average molecular weight is 832 g/mol. The molecule has 4 nitrogen and oxygen atoms in total.